The second kappa shape index (κ2) is 5.19. The number of fused-ring (bicyclic) bond motifs is 2. The molecule has 0 amide bonds. The van der Waals surface area contributed by atoms with Gasteiger partial charge < -0.3 is 10.2 Å². The van der Waals surface area contributed by atoms with Gasteiger partial charge in [-0.3, -0.25) is 4.99 Å². The van der Waals surface area contributed by atoms with Gasteiger partial charge in [-0.25, -0.2) is 0 Å². The average Bonchev–Trinajstić information content (AvgIpc) is 2.32. The Labute approximate surface area is 108 Å². The Bertz CT molecular complexity index is 291. The fourth-order valence-corrected chi connectivity index (χ4v) is 4.35. The van der Waals surface area contributed by atoms with E-state index in [1.54, 1.807) is 0 Å². The summed E-state index contributed by atoms with van der Waals surface area (Å²) in [6.45, 7) is 1.02. The van der Waals surface area contributed by atoms with E-state index in [0.717, 1.165) is 18.6 Å². The molecule has 0 aromatic rings. The fraction of sp³-hybridized carbons (Fsp3) is 0.923. The highest BCUT2D eigenvalue weighted by Crippen LogP contribution is 2.32. The van der Waals surface area contributed by atoms with Crippen LogP contribution in [0.2, 0.25) is 0 Å². The van der Waals surface area contributed by atoms with E-state index in [4.69, 9.17) is 0 Å². The molecule has 3 heterocycles. The summed E-state index contributed by atoms with van der Waals surface area (Å²) in [5, 5.41) is 4.91. The van der Waals surface area contributed by atoms with Crippen molar-refractivity contribution in [1.29, 1.82) is 0 Å². The highest BCUT2D eigenvalue weighted by atomic mass is 32.2. The normalized spacial score (nSPS) is 38.6. The summed E-state index contributed by atoms with van der Waals surface area (Å²) in [5.41, 5.74) is 0. The van der Waals surface area contributed by atoms with Crippen LogP contribution in [0.5, 0.6) is 0 Å². The van der Waals surface area contributed by atoms with Crippen LogP contribution in [-0.2, 0) is 0 Å². The van der Waals surface area contributed by atoms with Gasteiger partial charge in [-0.2, -0.15) is 0 Å². The van der Waals surface area contributed by atoms with Crippen molar-refractivity contribution in [3.05, 3.63) is 0 Å². The Morgan fingerprint density at radius 1 is 1.24 bits per heavy atom. The minimum absolute atomic E-state index is 0.672. The number of nitrogens with zero attached hydrogens (tertiary/aromatic N) is 2. The molecule has 3 rings (SSSR count). The van der Waals surface area contributed by atoms with Gasteiger partial charge in [0, 0.05) is 30.4 Å². The maximum atomic E-state index is 4.59. The predicted molar refractivity (Wildman–Crippen MR) is 74.7 cm³/mol. The van der Waals surface area contributed by atoms with E-state index in [-0.39, 0.29) is 0 Å². The first kappa shape index (κ1) is 11.8. The van der Waals surface area contributed by atoms with E-state index >= 15 is 0 Å². The summed E-state index contributed by atoms with van der Waals surface area (Å²) in [4.78, 5) is 7.21. The third kappa shape index (κ3) is 2.63. The second-order valence-electron chi connectivity index (χ2n) is 5.61. The lowest BCUT2D eigenvalue weighted by Crippen LogP contribution is -2.55. The summed E-state index contributed by atoms with van der Waals surface area (Å²) < 4.78 is 0. The van der Waals surface area contributed by atoms with Gasteiger partial charge in [-0.15, -0.1) is 0 Å². The molecule has 0 aromatic heterocycles. The average molecular weight is 253 g/mol. The van der Waals surface area contributed by atoms with Crippen molar-refractivity contribution in [1.82, 2.24) is 10.2 Å². The molecule has 0 aliphatic carbocycles. The van der Waals surface area contributed by atoms with E-state index < -0.39 is 0 Å². The quantitative estimate of drug-likeness (QED) is 0.775. The van der Waals surface area contributed by atoms with Crippen molar-refractivity contribution in [3.8, 4) is 0 Å². The van der Waals surface area contributed by atoms with Crippen LogP contribution in [0.15, 0.2) is 4.99 Å². The molecule has 4 heteroatoms. The molecule has 2 fully saturated rings. The molecule has 2 bridgehead atoms. The van der Waals surface area contributed by atoms with Gasteiger partial charge in [0.1, 0.15) is 0 Å². The lowest BCUT2D eigenvalue weighted by Gasteiger charge is -2.47. The third-order valence-corrected chi connectivity index (χ3v) is 5.48. The van der Waals surface area contributed by atoms with Crippen molar-refractivity contribution >= 4 is 16.9 Å². The van der Waals surface area contributed by atoms with Crippen LogP contribution in [0, 0.1) is 0 Å². The predicted octanol–water partition coefficient (Wildman–Crippen LogP) is 2.08. The lowest BCUT2D eigenvalue weighted by molar-refractivity contribution is 0.0530. The van der Waals surface area contributed by atoms with Crippen molar-refractivity contribution in [2.24, 2.45) is 4.99 Å². The Balaban J connectivity index is 1.60. The van der Waals surface area contributed by atoms with Gasteiger partial charge in [0.15, 0.2) is 5.17 Å². The van der Waals surface area contributed by atoms with E-state index in [0.29, 0.717) is 6.04 Å². The van der Waals surface area contributed by atoms with Gasteiger partial charge in [-0.1, -0.05) is 18.2 Å². The number of thioether (sulfide) groups is 1. The number of rotatable bonds is 1. The fourth-order valence-electron chi connectivity index (χ4n) is 3.46. The maximum absolute atomic E-state index is 4.59. The van der Waals surface area contributed by atoms with Gasteiger partial charge in [0.05, 0.1) is 0 Å². The molecule has 2 atom stereocenters. The number of nitrogens with one attached hydrogen (secondary N) is 1. The highest BCUT2D eigenvalue weighted by molar-refractivity contribution is 8.13. The number of piperidine rings is 2. The van der Waals surface area contributed by atoms with Gasteiger partial charge in [-0.05, 0) is 39.2 Å². The number of amidine groups is 1. The van der Waals surface area contributed by atoms with E-state index in [1.807, 2.05) is 11.8 Å². The van der Waals surface area contributed by atoms with Crippen LogP contribution in [0.25, 0.3) is 0 Å². The van der Waals surface area contributed by atoms with Crippen LogP contribution >= 0.6 is 11.8 Å². The summed E-state index contributed by atoms with van der Waals surface area (Å²) in [7, 11) is 2.32. The molecule has 3 nitrogen and oxygen atoms in total. The summed E-state index contributed by atoms with van der Waals surface area (Å²) in [6, 6.07) is 2.30. The molecule has 96 valence electrons. The van der Waals surface area contributed by atoms with Crippen molar-refractivity contribution in [2.75, 3.05) is 19.3 Å². The zero-order chi connectivity index (χ0) is 11.7. The smallest absolute Gasteiger partial charge is 0.156 e. The van der Waals surface area contributed by atoms with Crippen LogP contribution in [0.4, 0.5) is 0 Å². The van der Waals surface area contributed by atoms with Gasteiger partial charge in [0.2, 0.25) is 0 Å². The molecular formula is C13H23N3S. The summed E-state index contributed by atoms with van der Waals surface area (Å²) in [5.74, 6) is 1.24. The molecule has 3 aliphatic rings. The zero-order valence-corrected chi connectivity index (χ0v) is 11.5. The molecule has 0 aromatic carbocycles. The molecule has 0 saturated carbocycles. The standard InChI is InChI=1S/C13H23N3S/c1-16-11-4-2-5-12(16)9-10(8-11)15-13-14-6-3-7-17-13/h10-12H,2-9H2,1H3,(H,14,15). The topological polar surface area (TPSA) is 27.6 Å². The number of aliphatic imine (C=N–C) groups is 1. The largest absolute Gasteiger partial charge is 0.362 e. The first-order chi connectivity index (χ1) is 8.33. The van der Waals surface area contributed by atoms with Crippen LogP contribution < -0.4 is 5.32 Å². The Morgan fingerprint density at radius 2 is 2.00 bits per heavy atom. The minimum atomic E-state index is 0.672. The Kier molecular flexibility index (Phi) is 3.61. The van der Waals surface area contributed by atoms with Crippen LogP contribution in [0.1, 0.15) is 38.5 Å². The molecule has 2 unspecified atom stereocenters. The minimum Gasteiger partial charge on any atom is -0.362 e. The SMILES string of the molecule is CN1C2CCCC1CC(NC1=NCCCS1)C2. The van der Waals surface area contributed by atoms with Crippen LogP contribution in [-0.4, -0.2) is 47.5 Å². The number of hydrogen-bond donors (Lipinski definition) is 1. The van der Waals surface area contributed by atoms with E-state index in [1.165, 1.54) is 49.4 Å². The summed E-state index contributed by atoms with van der Waals surface area (Å²) >= 11 is 1.91. The van der Waals surface area contributed by atoms with Crippen molar-refractivity contribution in [2.45, 2.75) is 56.7 Å². The molecule has 0 spiro atoms. The molecular weight excluding hydrogens is 230 g/mol. The van der Waals surface area contributed by atoms with Crippen molar-refractivity contribution < 1.29 is 0 Å². The van der Waals surface area contributed by atoms with E-state index in [9.17, 15) is 0 Å². The first-order valence-corrected chi connectivity index (χ1v) is 7.97. The van der Waals surface area contributed by atoms with Crippen molar-refractivity contribution in [3.63, 3.8) is 0 Å². The first-order valence-electron chi connectivity index (χ1n) is 6.98. The highest BCUT2D eigenvalue weighted by Gasteiger charge is 2.36. The maximum Gasteiger partial charge on any atom is 0.156 e. The molecule has 3 aliphatic heterocycles. The van der Waals surface area contributed by atoms with E-state index in [2.05, 4.69) is 22.3 Å². The lowest BCUT2D eigenvalue weighted by atomic mass is 9.82. The monoisotopic (exact) mass is 253 g/mol. The van der Waals surface area contributed by atoms with Gasteiger partial charge in [0.25, 0.3) is 0 Å². The van der Waals surface area contributed by atoms with Gasteiger partial charge >= 0.3 is 0 Å². The Hall–Kier alpha value is -0.220. The molecule has 1 N–H and O–H groups in total. The zero-order valence-electron chi connectivity index (χ0n) is 10.7. The second-order valence-corrected chi connectivity index (χ2v) is 6.69. The Morgan fingerprint density at radius 3 is 2.65 bits per heavy atom. The molecule has 17 heavy (non-hydrogen) atoms. The summed E-state index contributed by atoms with van der Waals surface area (Å²) in [6.07, 6.45) is 8.09. The number of hydrogen-bond acceptors (Lipinski definition) is 4. The van der Waals surface area contributed by atoms with Crippen LogP contribution in [0.3, 0.4) is 0 Å². The third-order valence-electron chi connectivity index (χ3n) is 4.46. The molecule has 2 saturated heterocycles. The molecule has 0 radical (unpaired) electrons.